The Morgan fingerprint density at radius 1 is 1.05 bits per heavy atom. The number of hydrogen-bond donors (Lipinski definition) is 2. The van der Waals surface area contributed by atoms with Gasteiger partial charge >= 0.3 is 11.9 Å². The Morgan fingerprint density at radius 3 is 1.90 bits per heavy atom. The van der Waals surface area contributed by atoms with E-state index in [2.05, 4.69) is 20.8 Å². The molecule has 0 unspecified atom stereocenters. The zero-order valence-corrected chi connectivity index (χ0v) is 12.6. The summed E-state index contributed by atoms with van der Waals surface area (Å²) in [5.74, 6) is -2.13. The second kappa shape index (κ2) is 7.22. The molecule has 0 bridgehead atoms. The maximum atomic E-state index is 10.7. The first-order chi connectivity index (χ1) is 9.68. The van der Waals surface area contributed by atoms with Gasteiger partial charge in [-0.25, -0.2) is 0 Å². The highest BCUT2D eigenvalue weighted by molar-refractivity contribution is 5.71. The molecule has 0 aromatic heterocycles. The summed E-state index contributed by atoms with van der Waals surface area (Å²) in [6.45, 7) is 6.56. The lowest BCUT2D eigenvalue weighted by Gasteiger charge is -2.19. The first-order valence-corrected chi connectivity index (χ1v) is 6.83. The van der Waals surface area contributed by atoms with Crippen LogP contribution in [0, 0.1) is 0 Å². The third kappa shape index (κ3) is 6.40. The van der Waals surface area contributed by atoms with Gasteiger partial charge in [0.2, 0.25) is 0 Å². The summed E-state index contributed by atoms with van der Waals surface area (Å²) in [7, 11) is 0. The molecule has 0 amide bonds. The van der Waals surface area contributed by atoms with E-state index in [1.807, 2.05) is 24.3 Å². The minimum atomic E-state index is -1.07. The van der Waals surface area contributed by atoms with Gasteiger partial charge in [0.15, 0.2) is 0 Å². The maximum Gasteiger partial charge on any atom is 0.305 e. The van der Waals surface area contributed by atoms with E-state index in [9.17, 15) is 9.59 Å². The zero-order chi connectivity index (χ0) is 16.0. The molecular weight excluding hydrogens is 272 g/mol. The Kier molecular flexibility index (Phi) is 5.90. The van der Waals surface area contributed by atoms with Crippen LogP contribution in [0.2, 0.25) is 0 Å². The Morgan fingerprint density at radius 2 is 1.52 bits per heavy atom. The lowest BCUT2D eigenvalue weighted by molar-refractivity contribution is -0.144. The molecule has 0 aliphatic heterocycles. The Hall–Kier alpha value is -1.88. The first kappa shape index (κ1) is 17.2. The van der Waals surface area contributed by atoms with Gasteiger partial charge in [0.25, 0.3) is 0 Å². The summed E-state index contributed by atoms with van der Waals surface area (Å²) in [6, 6.07) is 7.84. The van der Waals surface area contributed by atoms with Crippen molar-refractivity contribution >= 4 is 11.9 Å². The molecule has 0 aliphatic carbocycles. The molecule has 0 radical (unpaired) electrons. The smallest absolute Gasteiger partial charge is 0.305 e. The number of carbonyl (C=O) groups is 2. The number of carboxylic acid groups (broad SMARTS) is 2. The van der Waals surface area contributed by atoms with Crippen LogP contribution in [0.1, 0.15) is 44.7 Å². The van der Waals surface area contributed by atoms with Crippen molar-refractivity contribution in [3.8, 4) is 0 Å². The van der Waals surface area contributed by atoms with E-state index in [4.69, 9.17) is 14.9 Å². The van der Waals surface area contributed by atoms with Crippen molar-refractivity contribution in [3.05, 3.63) is 35.4 Å². The summed E-state index contributed by atoms with van der Waals surface area (Å²) in [6.07, 6.45) is -1.44. The molecule has 0 atom stereocenters. The lowest BCUT2D eigenvalue weighted by atomic mass is 9.87. The normalized spacial score (nSPS) is 11.6. The molecule has 21 heavy (non-hydrogen) atoms. The molecule has 0 spiro atoms. The van der Waals surface area contributed by atoms with Gasteiger partial charge in [-0.2, -0.15) is 0 Å². The first-order valence-electron chi connectivity index (χ1n) is 6.83. The highest BCUT2D eigenvalue weighted by Gasteiger charge is 2.18. The molecule has 1 aromatic carbocycles. The van der Waals surface area contributed by atoms with Crippen molar-refractivity contribution in [1.82, 2.24) is 0 Å². The van der Waals surface area contributed by atoms with E-state index < -0.39 is 18.0 Å². The quantitative estimate of drug-likeness (QED) is 0.808. The molecular formula is C16H22O5. The average Bonchev–Trinajstić information content (AvgIpc) is 2.34. The van der Waals surface area contributed by atoms with Crippen molar-refractivity contribution in [3.63, 3.8) is 0 Å². The summed E-state index contributed by atoms with van der Waals surface area (Å²) in [5, 5.41) is 17.5. The van der Waals surface area contributed by atoms with Crippen LogP contribution in [-0.2, 0) is 26.3 Å². The monoisotopic (exact) mass is 294 g/mol. The number of hydrogen-bond acceptors (Lipinski definition) is 3. The van der Waals surface area contributed by atoms with E-state index in [1.165, 1.54) is 5.56 Å². The molecule has 1 aromatic rings. The maximum absolute atomic E-state index is 10.7. The SMILES string of the molecule is CC(C)(C)c1ccc(COC(CC(=O)O)CC(=O)O)cc1. The van der Waals surface area contributed by atoms with Crippen LogP contribution in [0.3, 0.4) is 0 Å². The Labute approximate surface area is 124 Å². The second-order valence-corrected chi connectivity index (χ2v) is 6.08. The number of carboxylic acids is 2. The highest BCUT2D eigenvalue weighted by Crippen LogP contribution is 2.22. The van der Waals surface area contributed by atoms with Crippen molar-refractivity contribution < 1.29 is 24.5 Å². The van der Waals surface area contributed by atoms with Gasteiger partial charge in [0.1, 0.15) is 0 Å². The van der Waals surface area contributed by atoms with Gasteiger partial charge in [0.05, 0.1) is 25.6 Å². The minimum absolute atomic E-state index is 0.0640. The fourth-order valence-electron chi connectivity index (χ4n) is 1.89. The van der Waals surface area contributed by atoms with Crippen LogP contribution in [0.4, 0.5) is 0 Å². The molecule has 0 heterocycles. The van der Waals surface area contributed by atoms with Crippen LogP contribution < -0.4 is 0 Å². The van der Waals surface area contributed by atoms with E-state index >= 15 is 0 Å². The predicted octanol–water partition coefficient (Wildman–Crippen LogP) is 2.82. The van der Waals surface area contributed by atoms with Crippen molar-refractivity contribution in [2.24, 2.45) is 0 Å². The van der Waals surface area contributed by atoms with E-state index in [0.717, 1.165) is 5.56 Å². The fourth-order valence-corrected chi connectivity index (χ4v) is 1.89. The largest absolute Gasteiger partial charge is 0.481 e. The number of rotatable bonds is 7. The summed E-state index contributed by atoms with van der Waals surface area (Å²) >= 11 is 0. The van der Waals surface area contributed by atoms with Crippen molar-refractivity contribution in [1.29, 1.82) is 0 Å². The number of benzene rings is 1. The van der Waals surface area contributed by atoms with Gasteiger partial charge in [-0.1, -0.05) is 45.0 Å². The fraction of sp³-hybridized carbons (Fsp3) is 0.500. The standard InChI is InChI=1S/C16H22O5/c1-16(2,3)12-6-4-11(5-7-12)10-21-13(8-14(17)18)9-15(19)20/h4-7,13H,8-10H2,1-3H3,(H,17,18)(H,19,20). The van der Waals surface area contributed by atoms with Crippen molar-refractivity contribution in [2.45, 2.75) is 51.7 Å². The molecule has 2 N–H and O–H groups in total. The molecule has 0 aliphatic rings. The molecule has 1 rings (SSSR count). The third-order valence-corrected chi connectivity index (χ3v) is 3.11. The third-order valence-electron chi connectivity index (χ3n) is 3.11. The Balaban J connectivity index is 2.63. The van der Waals surface area contributed by atoms with Crippen molar-refractivity contribution in [2.75, 3.05) is 0 Å². The molecule has 0 fully saturated rings. The van der Waals surface area contributed by atoms with E-state index in [1.54, 1.807) is 0 Å². The summed E-state index contributed by atoms with van der Waals surface area (Å²) < 4.78 is 5.41. The average molecular weight is 294 g/mol. The van der Waals surface area contributed by atoms with Gasteiger partial charge in [-0.05, 0) is 16.5 Å². The topological polar surface area (TPSA) is 83.8 Å². The van der Waals surface area contributed by atoms with Gasteiger partial charge in [0, 0.05) is 0 Å². The molecule has 116 valence electrons. The van der Waals surface area contributed by atoms with Crippen LogP contribution in [0.25, 0.3) is 0 Å². The van der Waals surface area contributed by atoms with Crippen LogP contribution in [0.5, 0.6) is 0 Å². The van der Waals surface area contributed by atoms with E-state index in [0.29, 0.717) is 0 Å². The lowest BCUT2D eigenvalue weighted by Crippen LogP contribution is -2.21. The van der Waals surface area contributed by atoms with Crippen LogP contribution >= 0.6 is 0 Å². The summed E-state index contributed by atoms with van der Waals surface area (Å²) in [5.41, 5.74) is 2.15. The minimum Gasteiger partial charge on any atom is -0.481 e. The molecule has 5 heteroatoms. The number of ether oxygens (including phenoxy) is 1. The summed E-state index contributed by atoms with van der Waals surface area (Å²) in [4.78, 5) is 21.4. The zero-order valence-electron chi connectivity index (χ0n) is 12.6. The Bertz CT molecular complexity index is 468. The van der Waals surface area contributed by atoms with Crippen LogP contribution in [-0.4, -0.2) is 28.3 Å². The second-order valence-electron chi connectivity index (χ2n) is 6.08. The van der Waals surface area contributed by atoms with E-state index in [-0.39, 0.29) is 24.9 Å². The van der Waals surface area contributed by atoms with Gasteiger partial charge in [-0.15, -0.1) is 0 Å². The molecule has 5 nitrogen and oxygen atoms in total. The molecule has 0 saturated carbocycles. The predicted molar refractivity (Wildman–Crippen MR) is 78.2 cm³/mol. The highest BCUT2D eigenvalue weighted by atomic mass is 16.5. The number of aliphatic carboxylic acids is 2. The molecule has 0 saturated heterocycles. The van der Waals surface area contributed by atoms with Gasteiger partial charge < -0.3 is 14.9 Å². The van der Waals surface area contributed by atoms with Crippen LogP contribution in [0.15, 0.2) is 24.3 Å². The van der Waals surface area contributed by atoms with Gasteiger partial charge in [-0.3, -0.25) is 9.59 Å².